The van der Waals surface area contributed by atoms with Gasteiger partial charge in [-0.15, -0.1) is 11.3 Å². The molecule has 7 nitrogen and oxygen atoms in total. The van der Waals surface area contributed by atoms with Crippen molar-refractivity contribution in [3.8, 4) is 0 Å². The maximum Gasteiger partial charge on any atom is 0.273 e. The molecule has 1 N–H and O–H groups in total. The molecule has 1 aliphatic carbocycles. The van der Waals surface area contributed by atoms with Gasteiger partial charge >= 0.3 is 0 Å². The Morgan fingerprint density at radius 2 is 2.35 bits per heavy atom. The van der Waals surface area contributed by atoms with Crippen molar-refractivity contribution in [3.63, 3.8) is 0 Å². The van der Waals surface area contributed by atoms with Crippen LogP contribution in [0.1, 0.15) is 35.0 Å². The van der Waals surface area contributed by atoms with Crippen LogP contribution in [0, 0.1) is 0 Å². The largest absolute Gasteiger partial charge is 0.360 e. The van der Waals surface area contributed by atoms with E-state index in [4.69, 9.17) is 4.52 Å². The molecule has 0 atom stereocenters. The first kappa shape index (κ1) is 14.1. The second-order valence-electron chi connectivity index (χ2n) is 5.53. The SMILES string of the molecule is O=C(NCCn1cnc2sccc2c1=O)c1cc(C2CC2)on1. The van der Waals surface area contributed by atoms with Gasteiger partial charge in [0.05, 0.1) is 11.7 Å². The van der Waals surface area contributed by atoms with Crippen molar-refractivity contribution in [1.29, 1.82) is 0 Å². The fourth-order valence-corrected chi connectivity index (χ4v) is 3.11. The number of thiophene rings is 1. The van der Waals surface area contributed by atoms with E-state index < -0.39 is 0 Å². The van der Waals surface area contributed by atoms with Crippen LogP contribution in [0.5, 0.6) is 0 Å². The van der Waals surface area contributed by atoms with Crippen LogP contribution in [-0.2, 0) is 6.54 Å². The highest BCUT2D eigenvalue weighted by atomic mass is 32.1. The number of hydrogen-bond acceptors (Lipinski definition) is 6. The molecular weight excluding hydrogens is 316 g/mol. The average molecular weight is 330 g/mol. The van der Waals surface area contributed by atoms with Crippen molar-refractivity contribution in [3.05, 3.63) is 45.6 Å². The van der Waals surface area contributed by atoms with E-state index in [1.165, 1.54) is 22.2 Å². The second-order valence-corrected chi connectivity index (χ2v) is 6.42. The van der Waals surface area contributed by atoms with Gasteiger partial charge in [0.25, 0.3) is 11.5 Å². The number of nitrogens with zero attached hydrogens (tertiary/aromatic N) is 3. The molecule has 1 aliphatic rings. The van der Waals surface area contributed by atoms with Gasteiger partial charge in [-0.3, -0.25) is 14.2 Å². The van der Waals surface area contributed by atoms with E-state index in [1.807, 2.05) is 5.38 Å². The Kier molecular flexibility index (Phi) is 3.45. The van der Waals surface area contributed by atoms with Gasteiger partial charge in [-0.05, 0) is 24.3 Å². The normalized spacial score (nSPS) is 14.3. The highest BCUT2D eigenvalue weighted by Crippen LogP contribution is 2.40. The highest BCUT2D eigenvalue weighted by molar-refractivity contribution is 7.16. The third-order valence-electron chi connectivity index (χ3n) is 3.83. The molecule has 1 saturated carbocycles. The van der Waals surface area contributed by atoms with Crippen molar-refractivity contribution in [2.75, 3.05) is 6.54 Å². The van der Waals surface area contributed by atoms with Crippen molar-refractivity contribution >= 4 is 27.5 Å². The fraction of sp³-hybridized carbons (Fsp3) is 0.333. The summed E-state index contributed by atoms with van der Waals surface area (Å²) in [5.74, 6) is 0.905. The van der Waals surface area contributed by atoms with Gasteiger partial charge < -0.3 is 9.84 Å². The molecule has 0 radical (unpaired) electrons. The van der Waals surface area contributed by atoms with E-state index in [-0.39, 0.29) is 17.2 Å². The van der Waals surface area contributed by atoms with Crippen LogP contribution in [-0.4, -0.2) is 27.2 Å². The van der Waals surface area contributed by atoms with Crippen molar-refractivity contribution in [2.45, 2.75) is 25.3 Å². The lowest BCUT2D eigenvalue weighted by Crippen LogP contribution is -2.31. The Morgan fingerprint density at radius 1 is 1.48 bits per heavy atom. The second kappa shape index (κ2) is 5.62. The molecule has 3 aromatic rings. The summed E-state index contributed by atoms with van der Waals surface area (Å²) in [6, 6.07) is 3.46. The molecule has 4 rings (SSSR count). The third-order valence-corrected chi connectivity index (χ3v) is 4.65. The smallest absolute Gasteiger partial charge is 0.273 e. The zero-order valence-corrected chi connectivity index (χ0v) is 13.0. The van der Waals surface area contributed by atoms with Crippen molar-refractivity contribution in [1.82, 2.24) is 20.0 Å². The van der Waals surface area contributed by atoms with E-state index >= 15 is 0 Å². The number of carbonyl (C=O) groups is 1. The Labute approximate surface area is 134 Å². The molecule has 1 fully saturated rings. The minimum atomic E-state index is -0.293. The summed E-state index contributed by atoms with van der Waals surface area (Å²) in [6.07, 6.45) is 3.70. The van der Waals surface area contributed by atoms with Crippen LogP contribution in [0.15, 0.2) is 33.2 Å². The van der Waals surface area contributed by atoms with Crippen molar-refractivity contribution in [2.24, 2.45) is 0 Å². The molecule has 0 unspecified atom stereocenters. The summed E-state index contributed by atoms with van der Waals surface area (Å²) in [6.45, 7) is 0.679. The van der Waals surface area contributed by atoms with E-state index in [2.05, 4.69) is 15.5 Å². The van der Waals surface area contributed by atoms with Gasteiger partial charge in [-0.2, -0.15) is 0 Å². The first-order valence-corrected chi connectivity index (χ1v) is 8.28. The minimum Gasteiger partial charge on any atom is -0.360 e. The number of amides is 1. The maximum atomic E-state index is 12.2. The fourth-order valence-electron chi connectivity index (χ4n) is 2.39. The lowest BCUT2D eigenvalue weighted by atomic mass is 10.3. The van der Waals surface area contributed by atoms with Gasteiger partial charge in [0.1, 0.15) is 10.6 Å². The van der Waals surface area contributed by atoms with Gasteiger partial charge in [-0.1, -0.05) is 5.16 Å². The van der Waals surface area contributed by atoms with E-state index in [0.29, 0.717) is 24.4 Å². The molecule has 0 saturated heterocycles. The lowest BCUT2D eigenvalue weighted by molar-refractivity contribution is 0.0943. The number of aromatic nitrogens is 3. The summed E-state index contributed by atoms with van der Waals surface area (Å²) in [4.78, 5) is 29.2. The van der Waals surface area contributed by atoms with Crippen molar-refractivity contribution < 1.29 is 9.32 Å². The standard InChI is InChI=1S/C15H14N4O3S/c20-13(11-7-12(22-18-11)9-1-2-9)16-4-5-19-8-17-14-10(15(19)21)3-6-23-14/h3,6-9H,1-2,4-5H2,(H,16,20). The Balaban J connectivity index is 1.39. The van der Waals surface area contributed by atoms with Crippen LogP contribution in [0.2, 0.25) is 0 Å². The first-order valence-electron chi connectivity index (χ1n) is 7.40. The molecule has 23 heavy (non-hydrogen) atoms. The molecule has 0 bridgehead atoms. The van der Waals surface area contributed by atoms with Crippen LogP contribution in [0.3, 0.4) is 0 Å². The monoisotopic (exact) mass is 330 g/mol. The molecule has 118 valence electrons. The average Bonchev–Trinajstić information content (AvgIpc) is 3.10. The molecule has 0 aromatic carbocycles. The summed E-state index contributed by atoms with van der Waals surface area (Å²) in [5.41, 5.74) is 0.189. The molecular formula is C15H14N4O3S. The van der Waals surface area contributed by atoms with Crippen LogP contribution < -0.4 is 10.9 Å². The number of nitrogens with one attached hydrogen (secondary N) is 1. The Morgan fingerprint density at radius 3 is 3.17 bits per heavy atom. The summed E-state index contributed by atoms with van der Waals surface area (Å²) in [5, 5.41) is 8.98. The molecule has 0 spiro atoms. The number of hydrogen-bond donors (Lipinski definition) is 1. The minimum absolute atomic E-state index is 0.0945. The number of rotatable bonds is 5. The van der Waals surface area contributed by atoms with Gasteiger partial charge in [-0.25, -0.2) is 4.98 Å². The van der Waals surface area contributed by atoms with Crippen LogP contribution >= 0.6 is 11.3 Å². The van der Waals surface area contributed by atoms with E-state index in [0.717, 1.165) is 23.4 Å². The van der Waals surface area contributed by atoms with Gasteiger partial charge in [0, 0.05) is 25.1 Å². The zero-order valence-electron chi connectivity index (χ0n) is 12.2. The zero-order chi connectivity index (χ0) is 15.8. The van der Waals surface area contributed by atoms with Crippen LogP contribution in [0.25, 0.3) is 10.2 Å². The number of carbonyl (C=O) groups excluding carboxylic acids is 1. The predicted octanol–water partition coefficient (Wildman–Crippen LogP) is 1.75. The molecule has 8 heteroatoms. The quantitative estimate of drug-likeness (QED) is 0.770. The Hall–Kier alpha value is -2.48. The topological polar surface area (TPSA) is 90.0 Å². The molecule has 1 amide bonds. The van der Waals surface area contributed by atoms with Crippen LogP contribution in [0.4, 0.5) is 0 Å². The summed E-state index contributed by atoms with van der Waals surface area (Å²) >= 11 is 1.43. The third kappa shape index (κ3) is 2.77. The van der Waals surface area contributed by atoms with Gasteiger partial charge in [0.15, 0.2) is 5.69 Å². The van der Waals surface area contributed by atoms with Gasteiger partial charge in [0.2, 0.25) is 0 Å². The number of fused-ring (bicyclic) bond motifs is 1. The molecule has 3 aromatic heterocycles. The lowest BCUT2D eigenvalue weighted by Gasteiger charge is -2.05. The maximum absolute atomic E-state index is 12.2. The highest BCUT2D eigenvalue weighted by Gasteiger charge is 2.28. The Bertz CT molecular complexity index is 922. The first-order chi connectivity index (χ1) is 11.2. The summed E-state index contributed by atoms with van der Waals surface area (Å²) in [7, 11) is 0. The molecule has 0 aliphatic heterocycles. The predicted molar refractivity (Wildman–Crippen MR) is 84.7 cm³/mol. The van der Waals surface area contributed by atoms with E-state index in [1.54, 1.807) is 12.1 Å². The van der Waals surface area contributed by atoms with E-state index in [9.17, 15) is 9.59 Å². The summed E-state index contributed by atoms with van der Waals surface area (Å²) < 4.78 is 6.65. The molecule has 3 heterocycles.